The predicted molar refractivity (Wildman–Crippen MR) is 330 cm³/mol. The second kappa shape index (κ2) is 18.9. The molecule has 0 amide bonds. The maximum atomic E-state index is 17.2. The number of esters is 2. The molecule has 0 aromatic heterocycles. The summed E-state index contributed by atoms with van der Waals surface area (Å²) in [4.78, 5) is 39.1. The highest BCUT2D eigenvalue weighted by atomic mass is 16.6. The first kappa shape index (κ1) is 53.5. The number of hydrogen-bond donors (Lipinski definition) is 2. The summed E-state index contributed by atoms with van der Waals surface area (Å²) in [6.07, 6.45) is 51.7. The number of benzene rings is 1. The van der Waals surface area contributed by atoms with Crippen LogP contribution in [0.25, 0.3) is 0 Å². The Morgan fingerprint density at radius 2 is 1.46 bits per heavy atom. The van der Waals surface area contributed by atoms with Crippen LogP contribution < -0.4 is 5.73 Å². The third kappa shape index (κ3) is 6.71. The minimum absolute atomic E-state index is 0.103. The molecule has 8 saturated carbocycles. The lowest BCUT2D eigenvalue weighted by molar-refractivity contribution is -0.282. The van der Waals surface area contributed by atoms with Crippen molar-refractivity contribution in [3.8, 4) is 0 Å². The number of piperidine rings is 2. The van der Waals surface area contributed by atoms with Crippen LogP contribution in [0.5, 0.6) is 0 Å². The van der Waals surface area contributed by atoms with Gasteiger partial charge in [-0.25, -0.2) is 4.79 Å². The molecule has 0 radical (unpaired) electrons. The summed E-state index contributed by atoms with van der Waals surface area (Å²) in [5, 5.41) is 14.3. The molecule has 3 N–H and O–H groups in total. The summed E-state index contributed by atoms with van der Waals surface area (Å²) < 4.78 is 15.2. The molecule has 22 rings (SSSR count). The number of carbonyl (C=O) groups excluding carboxylic acids is 2. The van der Waals surface area contributed by atoms with Crippen LogP contribution in [0.2, 0.25) is 0 Å². The molecule has 8 heteroatoms. The van der Waals surface area contributed by atoms with E-state index in [-0.39, 0.29) is 35.7 Å². The van der Waals surface area contributed by atoms with Crippen LogP contribution >= 0.6 is 0 Å². The van der Waals surface area contributed by atoms with Crippen LogP contribution in [0.15, 0.2) is 64.3 Å². The Balaban J connectivity index is 0.854. The first-order valence-electron chi connectivity index (χ1n) is 36.9. The first-order valence-corrected chi connectivity index (χ1v) is 36.9. The van der Waals surface area contributed by atoms with Crippen molar-refractivity contribution in [1.29, 1.82) is 0 Å². The third-order valence-electron chi connectivity index (χ3n) is 31.8. The molecule has 3 saturated heterocycles. The average molecular weight is 1150 g/mol. The Bertz CT molecular complexity index is 3100. The van der Waals surface area contributed by atoms with Gasteiger partial charge in [0.15, 0.2) is 11.4 Å². The fourth-order valence-corrected chi connectivity index (χ4v) is 29.5. The van der Waals surface area contributed by atoms with Gasteiger partial charge in [-0.15, -0.1) is 0 Å². The highest BCUT2D eigenvalue weighted by molar-refractivity contribution is 6.00. The van der Waals surface area contributed by atoms with Gasteiger partial charge in [-0.3, -0.25) is 9.69 Å². The van der Waals surface area contributed by atoms with Gasteiger partial charge in [0.1, 0.15) is 11.2 Å². The third-order valence-corrected chi connectivity index (χ3v) is 31.8. The number of nitrogens with zero attached hydrogens (tertiary/aromatic N) is 2. The number of hydrogen-bond acceptors (Lipinski definition) is 8. The van der Waals surface area contributed by atoms with E-state index in [1.807, 2.05) is 0 Å². The lowest BCUT2D eigenvalue weighted by Gasteiger charge is -2.73. The van der Waals surface area contributed by atoms with Crippen molar-refractivity contribution in [2.45, 2.75) is 255 Å². The molecule has 1 aromatic carbocycles. The first-order chi connectivity index (χ1) is 41.6. The molecule has 11 fully saturated rings. The van der Waals surface area contributed by atoms with Crippen LogP contribution in [0.4, 0.5) is 0 Å². The molecule has 17 atom stereocenters. The van der Waals surface area contributed by atoms with E-state index in [2.05, 4.69) is 40.2 Å². The molecular weight excluding hydrogens is 1050 g/mol. The van der Waals surface area contributed by atoms with E-state index >= 15 is 9.59 Å². The summed E-state index contributed by atoms with van der Waals surface area (Å²) in [7, 11) is 0. The van der Waals surface area contributed by atoms with Crippen LogP contribution in [-0.4, -0.2) is 65.1 Å². The predicted octanol–water partition coefficient (Wildman–Crippen LogP) is 16.3. The summed E-state index contributed by atoms with van der Waals surface area (Å²) >= 11 is 0. The lowest BCUT2D eigenvalue weighted by Crippen LogP contribution is -2.78. The van der Waals surface area contributed by atoms with E-state index in [4.69, 9.17) is 15.2 Å². The average Bonchev–Trinajstić information content (AvgIpc) is 1.51. The minimum Gasteiger partial charge on any atom is -0.509 e. The van der Waals surface area contributed by atoms with Gasteiger partial charge >= 0.3 is 11.9 Å². The number of carbonyl (C=O) groups is 2. The zero-order valence-corrected chi connectivity index (χ0v) is 51.9. The number of aryl methyl sites for hydroxylation is 1. The maximum absolute atomic E-state index is 17.2. The normalized spacial score (nSPS) is 47.5. The SMILES string of the molecule is NCCCc1cccc2c1C(=O)O[C@@]21[C@H]2C[C@H]([C@H]3CCCC4(CCCC4)C3)/C=C\[C@@H]3C[C@H]4[C@@H]5C6=C3[C@@]23C(=O)O/C(=C(/O)C[C@@H]([C@@H]2CC7(CCCC7)[C@]7(CCCC78CCCC8)C2)N2C[C@@H]7C[C@H](C2)[C@@H]2CCC(=C5N2C7)C[C@H]4C2CCCCC2)[C@]31CC6. The van der Waals surface area contributed by atoms with Crippen LogP contribution in [0.1, 0.15) is 253 Å². The summed E-state index contributed by atoms with van der Waals surface area (Å²) in [6.45, 7) is 3.96. The van der Waals surface area contributed by atoms with Gasteiger partial charge in [-0.2, -0.15) is 0 Å². The van der Waals surface area contributed by atoms with Crippen molar-refractivity contribution in [2.24, 2.45) is 103 Å². The Labute approximate surface area is 509 Å². The highest BCUT2D eigenvalue weighted by Gasteiger charge is 2.94. The van der Waals surface area contributed by atoms with Gasteiger partial charge < -0.3 is 25.2 Å². The molecular formula is C77H103N3O5. The molecule has 1 unspecified atom stereocenters. The second-order valence-corrected chi connectivity index (χ2v) is 34.2. The fraction of sp³-hybridized carbons (Fsp3) is 0.792. The molecule has 85 heavy (non-hydrogen) atoms. The molecule has 12 aliphatic carbocycles. The van der Waals surface area contributed by atoms with Crippen LogP contribution in [-0.2, 0) is 26.3 Å². The van der Waals surface area contributed by atoms with E-state index in [0.717, 1.165) is 67.8 Å². The maximum Gasteiger partial charge on any atom is 0.339 e. The molecule has 9 aliphatic heterocycles. The van der Waals surface area contributed by atoms with E-state index < -0.39 is 16.4 Å². The second-order valence-electron chi connectivity index (χ2n) is 34.2. The molecule has 21 aliphatic rings. The number of aliphatic hydroxyl groups is 1. The topological polar surface area (TPSA) is 105 Å². The number of aliphatic hydroxyl groups excluding tert-OH is 1. The van der Waals surface area contributed by atoms with Crippen molar-refractivity contribution in [2.75, 3.05) is 26.2 Å². The molecule has 9 heterocycles. The molecule has 456 valence electrons. The van der Waals surface area contributed by atoms with Crippen molar-refractivity contribution in [1.82, 2.24) is 9.80 Å². The van der Waals surface area contributed by atoms with Gasteiger partial charge in [0.05, 0.1) is 11.0 Å². The number of allylic oxidation sites excluding steroid dienone is 4. The van der Waals surface area contributed by atoms with Gasteiger partial charge in [-0.05, 0) is 240 Å². The number of ether oxygens (including phenoxy) is 2. The minimum atomic E-state index is -1.15. The van der Waals surface area contributed by atoms with E-state index in [0.29, 0.717) is 100 Å². The van der Waals surface area contributed by atoms with Crippen LogP contribution in [0.3, 0.4) is 0 Å². The highest BCUT2D eigenvalue weighted by Crippen LogP contribution is 2.89. The molecule has 7 spiro atoms. The molecule has 1 aromatic rings. The number of rotatable bonds is 6. The van der Waals surface area contributed by atoms with Gasteiger partial charge in [-0.1, -0.05) is 125 Å². The zero-order chi connectivity index (χ0) is 56.5. The van der Waals surface area contributed by atoms with E-state index in [1.165, 1.54) is 205 Å². The van der Waals surface area contributed by atoms with Crippen molar-refractivity contribution < 1.29 is 24.2 Å². The zero-order valence-electron chi connectivity index (χ0n) is 51.9. The Kier molecular flexibility index (Phi) is 11.9. The quantitative estimate of drug-likeness (QED) is 0.214. The Morgan fingerprint density at radius 1 is 0.671 bits per heavy atom. The summed E-state index contributed by atoms with van der Waals surface area (Å²) in [5.41, 5.74) is 14.1. The van der Waals surface area contributed by atoms with Gasteiger partial charge in [0.2, 0.25) is 0 Å². The van der Waals surface area contributed by atoms with Crippen molar-refractivity contribution >= 4 is 11.9 Å². The van der Waals surface area contributed by atoms with E-state index in [1.54, 1.807) is 16.8 Å². The van der Waals surface area contributed by atoms with Gasteiger partial charge in [0.25, 0.3) is 0 Å². The smallest absolute Gasteiger partial charge is 0.339 e. The standard InChI is InChI=1S/C77H103N3O5/c78-35-12-18-49-16-10-19-59-64(49)69(82)85-77(59)63-39-50(53-17-11-27-71(41-53)25-4-5-26-71)20-21-51-37-58-57(48-14-2-1-3-15-48)38-52-22-23-60-54-36-47-44-79(46-54)61(55-42-73(30-8-9-31-73)74(43-55)33-13-32-72(74)28-6-7-29-72)40-62(81)68-75(77)34-24-56(65(58)67(52)80(60)45-47)66(51)76(63,75)70(83)84-68/h10,16,19-21,47-48,50-51,53-55,57-58,60-61,63,65,81H,1-9,11-15,17-18,22-46,78H2/b21-20-,68-62+/t47-,50+,51+,53-,54+,55+,57-,58+,60-,61-,63-,65-,74+,75+,76+,77+/m0/s1. The number of nitrogens with two attached hydrogens (primary N) is 1. The van der Waals surface area contributed by atoms with E-state index in [9.17, 15) is 5.11 Å². The monoisotopic (exact) mass is 1150 g/mol. The van der Waals surface area contributed by atoms with Gasteiger partial charge in [0, 0.05) is 61.2 Å². The fourth-order valence-electron chi connectivity index (χ4n) is 29.5. The van der Waals surface area contributed by atoms with Crippen molar-refractivity contribution in [3.63, 3.8) is 0 Å². The Morgan fingerprint density at radius 3 is 2.29 bits per heavy atom. The molecule has 12 bridgehead atoms. The lowest BCUT2D eigenvalue weighted by atomic mass is 9.27. The largest absolute Gasteiger partial charge is 0.509 e. The van der Waals surface area contributed by atoms with Crippen molar-refractivity contribution in [3.05, 3.63) is 81.0 Å². The summed E-state index contributed by atoms with van der Waals surface area (Å²) in [5.74, 6) is 5.16. The van der Waals surface area contributed by atoms with Crippen LogP contribution in [0, 0.1) is 97.6 Å². The Hall–Kier alpha value is -3.36. The number of fused-ring (bicyclic) bond motifs is 5. The molecule has 8 nitrogen and oxygen atoms in total. The summed E-state index contributed by atoms with van der Waals surface area (Å²) in [6, 6.07) is 7.34.